The summed E-state index contributed by atoms with van der Waals surface area (Å²) in [4.78, 5) is 44.5. The quantitative estimate of drug-likeness (QED) is 0.375. The summed E-state index contributed by atoms with van der Waals surface area (Å²) in [5, 5.41) is 7.50. The van der Waals surface area contributed by atoms with Crippen LogP contribution in [0, 0.1) is 0 Å². The molecule has 10 nitrogen and oxygen atoms in total. The van der Waals surface area contributed by atoms with Gasteiger partial charge in [0, 0.05) is 19.3 Å². The number of methoxy groups -OCH3 is 1. The summed E-state index contributed by atoms with van der Waals surface area (Å²) in [5.74, 6) is -0.954. The van der Waals surface area contributed by atoms with Crippen LogP contribution in [0.5, 0.6) is 0 Å². The maximum atomic E-state index is 13.6. The number of amides is 2. The van der Waals surface area contributed by atoms with Crippen molar-refractivity contribution >= 4 is 29.4 Å². The number of ether oxygens (including phenoxy) is 1. The number of hydrogen-bond donors (Lipinski definition) is 3. The van der Waals surface area contributed by atoms with Crippen molar-refractivity contribution in [2.24, 2.45) is 0 Å². The second-order valence-electron chi connectivity index (χ2n) is 7.42. The fourth-order valence-electron chi connectivity index (χ4n) is 3.22. The second kappa shape index (κ2) is 12.6. The molecule has 0 saturated heterocycles. The SMILES string of the molecule is COC(=O)NCc1ccccc1CNC(=O)Cn1c(Cl)cnc(NC(c2ccccn2)C(F)F)c1=O. The molecule has 3 rings (SSSR count). The lowest BCUT2D eigenvalue weighted by Crippen LogP contribution is -2.35. The first kappa shape index (κ1) is 26.5. The third kappa shape index (κ3) is 6.98. The summed E-state index contributed by atoms with van der Waals surface area (Å²) < 4.78 is 32.8. The van der Waals surface area contributed by atoms with Crippen LogP contribution in [0.1, 0.15) is 22.9 Å². The predicted octanol–water partition coefficient (Wildman–Crippen LogP) is 2.88. The van der Waals surface area contributed by atoms with E-state index in [0.717, 1.165) is 21.9 Å². The van der Waals surface area contributed by atoms with Crippen molar-refractivity contribution < 1.29 is 23.1 Å². The first-order valence-electron chi connectivity index (χ1n) is 10.7. The molecule has 0 aliphatic heterocycles. The van der Waals surface area contributed by atoms with Gasteiger partial charge in [-0.3, -0.25) is 19.1 Å². The summed E-state index contributed by atoms with van der Waals surface area (Å²) in [6.07, 6.45) is -1.04. The van der Waals surface area contributed by atoms with Gasteiger partial charge in [0.15, 0.2) is 5.82 Å². The molecule has 0 saturated carbocycles. The number of nitrogens with one attached hydrogen (secondary N) is 3. The molecule has 1 aromatic carbocycles. The Kier molecular flexibility index (Phi) is 9.28. The first-order chi connectivity index (χ1) is 17.3. The van der Waals surface area contributed by atoms with Crippen LogP contribution >= 0.6 is 11.6 Å². The molecular formula is C23H23ClF2N6O4. The summed E-state index contributed by atoms with van der Waals surface area (Å²) in [6.45, 7) is -0.182. The van der Waals surface area contributed by atoms with Gasteiger partial charge in [-0.25, -0.2) is 18.6 Å². The van der Waals surface area contributed by atoms with Gasteiger partial charge in [-0.1, -0.05) is 41.9 Å². The van der Waals surface area contributed by atoms with Crippen LogP contribution in [0.15, 0.2) is 59.7 Å². The number of alkyl halides is 2. The molecule has 36 heavy (non-hydrogen) atoms. The molecule has 2 amide bonds. The zero-order chi connectivity index (χ0) is 26.1. The first-order valence-corrected chi connectivity index (χ1v) is 11.0. The summed E-state index contributed by atoms with van der Waals surface area (Å²) in [6, 6.07) is 10.0. The molecule has 13 heteroatoms. The van der Waals surface area contributed by atoms with E-state index in [0.29, 0.717) is 0 Å². The van der Waals surface area contributed by atoms with E-state index in [1.807, 2.05) is 0 Å². The van der Waals surface area contributed by atoms with Crippen LogP contribution in [0.25, 0.3) is 0 Å². The van der Waals surface area contributed by atoms with Crippen LogP contribution in [-0.2, 0) is 29.2 Å². The number of pyridine rings is 1. The van der Waals surface area contributed by atoms with Crippen LogP contribution < -0.4 is 21.5 Å². The van der Waals surface area contributed by atoms with Crippen molar-refractivity contribution in [3.8, 4) is 0 Å². The molecule has 1 unspecified atom stereocenters. The highest BCUT2D eigenvalue weighted by molar-refractivity contribution is 6.29. The lowest BCUT2D eigenvalue weighted by Gasteiger charge is -2.18. The maximum Gasteiger partial charge on any atom is 0.407 e. The number of halogens is 3. The third-order valence-corrected chi connectivity index (χ3v) is 5.36. The number of alkyl carbamates (subject to hydrolysis) is 1. The van der Waals surface area contributed by atoms with Crippen molar-refractivity contribution in [1.29, 1.82) is 0 Å². The summed E-state index contributed by atoms with van der Waals surface area (Å²) >= 11 is 6.07. The average Bonchev–Trinajstić information content (AvgIpc) is 2.88. The lowest BCUT2D eigenvalue weighted by molar-refractivity contribution is -0.121. The Morgan fingerprint density at radius 1 is 1.06 bits per heavy atom. The molecule has 2 heterocycles. The van der Waals surface area contributed by atoms with E-state index in [-0.39, 0.29) is 23.9 Å². The molecular weight excluding hydrogens is 498 g/mol. The number of aromatic nitrogens is 3. The number of nitrogens with zero attached hydrogens (tertiary/aromatic N) is 3. The zero-order valence-corrected chi connectivity index (χ0v) is 19.8. The van der Waals surface area contributed by atoms with Crippen molar-refractivity contribution in [2.45, 2.75) is 32.1 Å². The fraction of sp³-hybridized carbons (Fsp3) is 0.261. The largest absolute Gasteiger partial charge is 0.453 e. The van der Waals surface area contributed by atoms with Gasteiger partial charge < -0.3 is 20.7 Å². The average molecular weight is 521 g/mol. The van der Waals surface area contributed by atoms with Gasteiger partial charge in [0.05, 0.1) is 19.0 Å². The van der Waals surface area contributed by atoms with E-state index in [1.165, 1.54) is 19.4 Å². The monoisotopic (exact) mass is 520 g/mol. The van der Waals surface area contributed by atoms with Crippen LogP contribution in [0.2, 0.25) is 5.15 Å². The normalized spacial score (nSPS) is 11.6. The molecule has 190 valence electrons. The lowest BCUT2D eigenvalue weighted by atomic mass is 10.1. The van der Waals surface area contributed by atoms with E-state index < -0.39 is 42.4 Å². The Morgan fingerprint density at radius 2 is 1.72 bits per heavy atom. The number of rotatable bonds is 10. The molecule has 3 N–H and O–H groups in total. The standard InChI is InChI=1S/C23H23ClF2N6O4/c1-36-23(35)30-11-15-7-3-2-6-14(15)10-28-18(33)13-32-17(24)12-29-21(22(32)34)31-19(20(25)26)16-8-4-5-9-27-16/h2-9,12,19-20H,10-11,13H2,1H3,(H,28,33)(H,29,31)(H,30,35). The van der Waals surface area contributed by atoms with Crippen LogP contribution in [0.3, 0.4) is 0 Å². The molecule has 0 bridgehead atoms. The molecule has 0 aliphatic rings. The van der Waals surface area contributed by atoms with E-state index in [9.17, 15) is 23.2 Å². The summed E-state index contributed by atoms with van der Waals surface area (Å²) in [7, 11) is 1.25. The Labute approximate surface area is 209 Å². The minimum Gasteiger partial charge on any atom is -0.453 e. The number of carbonyl (C=O) groups is 2. The minimum absolute atomic E-state index is 0.0216. The molecule has 0 spiro atoms. The smallest absolute Gasteiger partial charge is 0.407 e. The fourth-order valence-corrected chi connectivity index (χ4v) is 3.41. The zero-order valence-electron chi connectivity index (χ0n) is 19.1. The Hall–Kier alpha value is -4.06. The highest BCUT2D eigenvalue weighted by Gasteiger charge is 2.26. The van der Waals surface area contributed by atoms with Crippen molar-refractivity contribution in [2.75, 3.05) is 12.4 Å². The van der Waals surface area contributed by atoms with Gasteiger partial charge in [-0.15, -0.1) is 0 Å². The van der Waals surface area contributed by atoms with Gasteiger partial charge in [0.1, 0.15) is 17.7 Å². The van der Waals surface area contributed by atoms with Crippen LogP contribution in [0.4, 0.5) is 19.4 Å². The minimum atomic E-state index is -2.89. The van der Waals surface area contributed by atoms with E-state index >= 15 is 0 Å². The van der Waals surface area contributed by atoms with Gasteiger partial charge in [0.25, 0.3) is 12.0 Å². The predicted molar refractivity (Wildman–Crippen MR) is 128 cm³/mol. The van der Waals surface area contributed by atoms with Gasteiger partial charge >= 0.3 is 6.09 Å². The van der Waals surface area contributed by atoms with E-state index in [1.54, 1.807) is 36.4 Å². The number of carbonyl (C=O) groups excluding carboxylic acids is 2. The summed E-state index contributed by atoms with van der Waals surface area (Å²) in [5.41, 5.74) is 0.657. The van der Waals surface area contributed by atoms with Gasteiger partial charge in [-0.2, -0.15) is 0 Å². The number of hydrogen-bond acceptors (Lipinski definition) is 7. The topological polar surface area (TPSA) is 127 Å². The molecule has 0 fully saturated rings. The molecule has 0 radical (unpaired) electrons. The number of benzene rings is 1. The second-order valence-corrected chi connectivity index (χ2v) is 7.81. The van der Waals surface area contributed by atoms with Crippen molar-refractivity contribution in [3.05, 3.63) is 87.2 Å². The Balaban J connectivity index is 1.71. The maximum absolute atomic E-state index is 13.6. The van der Waals surface area contributed by atoms with Crippen molar-refractivity contribution in [1.82, 2.24) is 25.2 Å². The highest BCUT2D eigenvalue weighted by Crippen LogP contribution is 2.22. The molecule has 3 aromatic rings. The van der Waals surface area contributed by atoms with E-state index in [4.69, 9.17) is 11.6 Å². The highest BCUT2D eigenvalue weighted by atomic mass is 35.5. The Morgan fingerprint density at radius 3 is 2.33 bits per heavy atom. The van der Waals surface area contributed by atoms with Crippen molar-refractivity contribution in [3.63, 3.8) is 0 Å². The van der Waals surface area contributed by atoms with E-state index in [2.05, 4.69) is 30.7 Å². The molecule has 0 aliphatic carbocycles. The van der Waals surface area contributed by atoms with Gasteiger partial charge in [0.2, 0.25) is 5.91 Å². The molecule has 1 atom stereocenters. The van der Waals surface area contributed by atoms with Crippen LogP contribution in [-0.4, -0.2) is 40.1 Å². The molecule has 2 aromatic heterocycles. The third-order valence-electron chi connectivity index (χ3n) is 5.06. The van der Waals surface area contributed by atoms with Gasteiger partial charge in [-0.05, 0) is 23.3 Å². The number of anilines is 1. The Bertz CT molecular complexity index is 1260.